The second-order valence-corrected chi connectivity index (χ2v) is 7.15. The Balaban J connectivity index is 1.56. The molecular formula is C24H25N5O3. The van der Waals surface area contributed by atoms with E-state index in [4.69, 9.17) is 0 Å². The van der Waals surface area contributed by atoms with Gasteiger partial charge in [0.05, 0.1) is 6.04 Å². The average molecular weight is 431 g/mol. The van der Waals surface area contributed by atoms with E-state index < -0.39 is 6.03 Å². The molecule has 0 heterocycles. The molecule has 0 saturated heterocycles. The molecular weight excluding hydrogens is 406 g/mol. The third-order valence-corrected chi connectivity index (χ3v) is 4.46. The molecule has 0 radical (unpaired) electrons. The Morgan fingerprint density at radius 2 is 1.16 bits per heavy atom. The average Bonchev–Trinajstić information content (AvgIpc) is 2.74. The van der Waals surface area contributed by atoms with Gasteiger partial charge in [0.15, 0.2) is 0 Å². The Bertz CT molecular complexity index is 1100. The minimum absolute atomic E-state index is 0.161. The second-order valence-electron chi connectivity index (χ2n) is 7.15. The van der Waals surface area contributed by atoms with Crippen LogP contribution in [0.3, 0.4) is 0 Å². The van der Waals surface area contributed by atoms with E-state index in [0.717, 1.165) is 5.56 Å². The summed E-state index contributed by atoms with van der Waals surface area (Å²) in [5.41, 5.74) is 3.25. The molecule has 0 aliphatic rings. The molecule has 8 heteroatoms. The van der Waals surface area contributed by atoms with Crippen molar-refractivity contribution >= 4 is 40.7 Å². The number of anilines is 4. The number of benzene rings is 3. The highest BCUT2D eigenvalue weighted by Gasteiger charge is 2.11. The molecule has 0 fully saturated rings. The summed E-state index contributed by atoms with van der Waals surface area (Å²) in [6, 6.07) is 22.1. The van der Waals surface area contributed by atoms with Gasteiger partial charge in [-0.15, -0.1) is 0 Å². The predicted molar refractivity (Wildman–Crippen MR) is 127 cm³/mol. The van der Waals surface area contributed by atoms with E-state index in [1.54, 1.807) is 42.5 Å². The van der Waals surface area contributed by atoms with Crippen molar-refractivity contribution in [1.82, 2.24) is 5.32 Å². The van der Waals surface area contributed by atoms with Crippen molar-refractivity contribution in [2.24, 2.45) is 0 Å². The van der Waals surface area contributed by atoms with Gasteiger partial charge in [0.25, 0.3) is 0 Å². The molecule has 0 saturated carbocycles. The van der Waals surface area contributed by atoms with E-state index in [1.165, 1.54) is 6.92 Å². The zero-order chi connectivity index (χ0) is 22.9. The number of hydrogen-bond donors (Lipinski definition) is 5. The zero-order valence-corrected chi connectivity index (χ0v) is 17.8. The van der Waals surface area contributed by atoms with Gasteiger partial charge in [0.1, 0.15) is 0 Å². The van der Waals surface area contributed by atoms with Gasteiger partial charge in [-0.1, -0.05) is 36.4 Å². The Labute approximate surface area is 186 Å². The van der Waals surface area contributed by atoms with Crippen LogP contribution in [0, 0.1) is 0 Å². The number of rotatable bonds is 6. The first-order chi connectivity index (χ1) is 15.4. The fraction of sp³-hybridized carbons (Fsp3) is 0.125. The van der Waals surface area contributed by atoms with Crippen LogP contribution in [0.15, 0.2) is 78.9 Å². The number of para-hydroxylation sites is 1. The van der Waals surface area contributed by atoms with E-state index in [0.29, 0.717) is 22.7 Å². The lowest BCUT2D eigenvalue weighted by atomic mass is 10.1. The van der Waals surface area contributed by atoms with E-state index in [-0.39, 0.29) is 18.0 Å². The normalized spacial score (nSPS) is 11.1. The molecule has 0 aliphatic heterocycles. The zero-order valence-electron chi connectivity index (χ0n) is 17.8. The van der Waals surface area contributed by atoms with Crippen molar-refractivity contribution in [3.63, 3.8) is 0 Å². The van der Waals surface area contributed by atoms with Crippen LogP contribution in [0.25, 0.3) is 0 Å². The molecule has 8 nitrogen and oxygen atoms in total. The standard InChI is InChI=1S/C24H25N5O3/c1-16(18-8-6-11-20(14-18)26-17(2)30)25-23(31)28-21-12-7-13-22(15-21)29-24(32)27-19-9-4-3-5-10-19/h3-16H,1-2H3,(H,26,30)(H2,25,28,31)(H2,27,29,32). The first kappa shape index (κ1) is 22.4. The maximum atomic E-state index is 12.4. The van der Waals surface area contributed by atoms with Crippen LogP contribution in [0.1, 0.15) is 25.5 Å². The van der Waals surface area contributed by atoms with Crippen molar-refractivity contribution in [1.29, 1.82) is 0 Å². The lowest BCUT2D eigenvalue weighted by molar-refractivity contribution is -0.114. The molecule has 5 N–H and O–H groups in total. The van der Waals surface area contributed by atoms with Crippen LogP contribution in [0.5, 0.6) is 0 Å². The quantitative estimate of drug-likeness (QED) is 0.371. The van der Waals surface area contributed by atoms with Gasteiger partial charge in [0.2, 0.25) is 5.91 Å². The molecule has 0 spiro atoms. The number of nitrogens with one attached hydrogen (secondary N) is 5. The maximum Gasteiger partial charge on any atom is 0.323 e. The first-order valence-electron chi connectivity index (χ1n) is 10.1. The highest BCUT2D eigenvalue weighted by molar-refractivity contribution is 6.00. The summed E-state index contributed by atoms with van der Waals surface area (Å²) in [6.07, 6.45) is 0. The van der Waals surface area contributed by atoms with Gasteiger partial charge >= 0.3 is 12.1 Å². The van der Waals surface area contributed by atoms with E-state index in [9.17, 15) is 14.4 Å². The van der Waals surface area contributed by atoms with Crippen LogP contribution < -0.4 is 26.6 Å². The van der Waals surface area contributed by atoms with Gasteiger partial charge in [0, 0.05) is 29.7 Å². The van der Waals surface area contributed by atoms with Crippen LogP contribution in [-0.2, 0) is 4.79 Å². The molecule has 3 rings (SSSR count). The van der Waals surface area contributed by atoms with Crippen LogP contribution >= 0.6 is 0 Å². The van der Waals surface area contributed by atoms with Gasteiger partial charge in [-0.05, 0) is 55.0 Å². The number of carbonyl (C=O) groups excluding carboxylic acids is 3. The van der Waals surface area contributed by atoms with Crippen LogP contribution in [0.4, 0.5) is 32.3 Å². The van der Waals surface area contributed by atoms with Crippen molar-refractivity contribution in [2.45, 2.75) is 19.9 Å². The Kier molecular flexibility index (Phi) is 7.42. The minimum atomic E-state index is -0.395. The van der Waals surface area contributed by atoms with Crippen molar-refractivity contribution < 1.29 is 14.4 Å². The summed E-state index contributed by atoms with van der Waals surface area (Å²) < 4.78 is 0. The monoisotopic (exact) mass is 431 g/mol. The molecule has 1 unspecified atom stereocenters. The SMILES string of the molecule is CC(=O)Nc1cccc(C(C)NC(=O)Nc2cccc(NC(=O)Nc3ccccc3)c2)c1. The lowest BCUT2D eigenvalue weighted by Gasteiger charge is -2.16. The Morgan fingerprint density at radius 3 is 1.81 bits per heavy atom. The van der Waals surface area contributed by atoms with Crippen molar-refractivity contribution in [3.8, 4) is 0 Å². The fourth-order valence-corrected chi connectivity index (χ4v) is 3.03. The van der Waals surface area contributed by atoms with E-state index in [1.807, 2.05) is 43.3 Å². The van der Waals surface area contributed by atoms with Crippen molar-refractivity contribution in [2.75, 3.05) is 21.3 Å². The molecule has 0 aromatic heterocycles. The number of urea groups is 2. The summed E-state index contributed by atoms with van der Waals surface area (Å²) in [5.74, 6) is -0.161. The Morgan fingerprint density at radius 1 is 0.625 bits per heavy atom. The second kappa shape index (κ2) is 10.6. The first-order valence-corrected chi connectivity index (χ1v) is 10.1. The molecule has 3 aromatic carbocycles. The maximum absolute atomic E-state index is 12.4. The number of amides is 5. The molecule has 3 aromatic rings. The number of carbonyl (C=O) groups is 3. The summed E-state index contributed by atoms with van der Waals surface area (Å²) in [4.78, 5) is 35.8. The molecule has 5 amide bonds. The topological polar surface area (TPSA) is 111 Å². The summed E-state index contributed by atoms with van der Waals surface area (Å²) in [5, 5.41) is 13.8. The molecule has 0 aliphatic carbocycles. The highest BCUT2D eigenvalue weighted by Crippen LogP contribution is 2.19. The van der Waals surface area contributed by atoms with Gasteiger partial charge in [-0.25, -0.2) is 9.59 Å². The molecule has 164 valence electrons. The third-order valence-electron chi connectivity index (χ3n) is 4.46. The summed E-state index contributed by atoms with van der Waals surface area (Å²) in [6.45, 7) is 3.29. The van der Waals surface area contributed by atoms with Crippen molar-refractivity contribution in [3.05, 3.63) is 84.4 Å². The third kappa shape index (κ3) is 6.88. The fourth-order valence-electron chi connectivity index (χ4n) is 3.03. The largest absolute Gasteiger partial charge is 0.331 e. The summed E-state index contributed by atoms with van der Waals surface area (Å²) >= 11 is 0. The molecule has 1 atom stereocenters. The van der Waals surface area contributed by atoms with Crippen LogP contribution in [0.2, 0.25) is 0 Å². The lowest BCUT2D eigenvalue weighted by Crippen LogP contribution is -2.31. The van der Waals surface area contributed by atoms with Crippen LogP contribution in [-0.4, -0.2) is 18.0 Å². The molecule has 0 bridgehead atoms. The number of hydrogen-bond acceptors (Lipinski definition) is 3. The van der Waals surface area contributed by atoms with Gasteiger partial charge in [-0.2, -0.15) is 0 Å². The van der Waals surface area contributed by atoms with Gasteiger partial charge < -0.3 is 26.6 Å². The van der Waals surface area contributed by atoms with Gasteiger partial charge in [-0.3, -0.25) is 4.79 Å². The predicted octanol–water partition coefficient (Wildman–Crippen LogP) is 5.17. The highest BCUT2D eigenvalue weighted by atomic mass is 16.2. The Hall–Kier alpha value is -4.33. The molecule has 32 heavy (non-hydrogen) atoms. The smallest absolute Gasteiger partial charge is 0.323 e. The summed E-state index contributed by atoms with van der Waals surface area (Å²) in [7, 11) is 0. The van der Waals surface area contributed by atoms with E-state index >= 15 is 0 Å². The minimum Gasteiger partial charge on any atom is -0.331 e. The van der Waals surface area contributed by atoms with E-state index in [2.05, 4.69) is 26.6 Å².